The first-order chi connectivity index (χ1) is 6.74. The van der Waals surface area contributed by atoms with Crippen molar-refractivity contribution in [3.63, 3.8) is 0 Å². The minimum absolute atomic E-state index is 0.287. The van der Waals surface area contributed by atoms with Gasteiger partial charge in [0.15, 0.2) is 0 Å². The van der Waals surface area contributed by atoms with Gasteiger partial charge in [0.2, 0.25) is 5.91 Å². The summed E-state index contributed by atoms with van der Waals surface area (Å²) in [6.07, 6.45) is 6.02. The van der Waals surface area contributed by atoms with E-state index in [2.05, 4.69) is 6.92 Å². The first kappa shape index (κ1) is 11.8. The van der Waals surface area contributed by atoms with Gasteiger partial charge in [0.1, 0.15) is 0 Å². The van der Waals surface area contributed by atoms with Gasteiger partial charge in [-0.3, -0.25) is 4.79 Å². The van der Waals surface area contributed by atoms with E-state index < -0.39 is 0 Å². The van der Waals surface area contributed by atoms with Crippen LogP contribution in [-0.4, -0.2) is 29.3 Å². The molecule has 1 aliphatic rings. The van der Waals surface area contributed by atoms with Crippen LogP contribution in [0.15, 0.2) is 0 Å². The Morgan fingerprint density at radius 1 is 1.36 bits per heavy atom. The lowest BCUT2D eigenvalue weighted by Gasteiger charge is -2.29. The van der Waals surface area contributed by atoms with Crippen LogP contribution in [-0.2, 0) is 4.79 Å². The Kier molecular flexibility index (Phi) is 5.31. The van der Waals surface area contributed by atoms with Crippen molar-refractivity contribution in [2.75, 3.05) is 13.1 Å². The average molecular weight is 218 g/mol. The third kappa shape index (κ3) is 3.87. The number of carbonyl (C=O) groups is 1. The zero-order chi connectivity index (χ0) is 10.4. The number of halogens is 1. The quantitative estimate of drug-likeness (QED) is 0.524. The first-order valence-electron chi connectivity index (χ1n) is 5.66. The zero-order valence-corrected chi connectivity index (χ0v) is 9.72. The Labute approximate surface area is 91.6 Å². The Hall–Kier alpha value is -0.240. The van der Waals surface area contributed by atoms with Gasteiger partial charge in [-0.25, -0.2) is 0 Å². The molecule has 14 heavy (non-hydrogen) atoms. The lowest BCUT2D eigenvalue weighted by Crippen LogP contribution is -2.38. The molecular formula is C11H20ClNO. The van der Waals surface area contributed by atoms with Gasteiger partial charge < -0.3 is 4.90 Å². The molecule has 1 fully saturated rings. The van der Waals surface area contributed by atoms with Crippen LogP contribution in [0.1, 0.15) is 45.4 Å². The summed E-state index contributed by atoms with van der Waals surface area (Å²) in [6, 6.07) is 0. The molecule has 1 aliphatic heterocycles. The number of hydrogen-bond donors (Lipinski definition) is 0. The number of unbranched alkanes of at least 4 members (excludes halogenated alkanes) is 2. The van der Waals surface area contributed by atoms with Gasteiger partial charge in [-0.05, 0) is 19.3 Å². The van der Waals surface area contributed by atoms with Crippen LogP contribution in [0.4, 0.5) is 0 Å². The maximum absolute atomic E-state index is 11.7. The van der Waals surface area contributed by atoms with E-state index in [0.29, 0.717) is 5.91 Å². The molecule has 3 heteroatoms. The molecule has 1 rings (SSSR count). The minimum atomic E-state index is 0.287. The van der Waals surface area contributed by atoms with Gasteiger partial charge in [-0.2, -0.15) is 0 Å². The Bertz CT molecular complexity index is 176. The summed E-state index contributed by atoms with van der Waals surface area (Å²) in [5.41, 5.74) is 0. The Morgan fingerprint density at radius 2 is 2.00 bits per heavy atom. The molecule has 1 saturated heterocycles. The van der Waals surface area contributed by atoms with Crippen molar-refractivity contribution in [2.45, 2.75) is 50.8 Å². The number of hydrogen-bond acceptors (Lipinski definition) is 1. The summed E-state index contributed by atoms with van der Waals surface area (Å²) in [5.74, 6) is 0.321. The van der Waals surface area contributed by atoms with E-state index in [9.17, 15) is 4.79 Å². The number of amides is 1. The van der Waals surface area contributed by atoms with Gasteiger partial charge in [0.25, 0.3) is 0 Å². The molecule has 1 amide bonds. The van der Waals surface area contributed by atoms with Crippen molar-refractivity contribution in [2.24, 2.45) is 0 Å². The largest absolute Gasteiger partial charge is 0.343 e. The highest BCUT2D eigenvalue weighted by Crippen LogP contribution is 2.16. The van der Waals surface area contributed by atoms with E-state index in [-0.39, 0.29) is 5.38 Å². The van der Waals surface area contributed by atoms with Gasteiger partial charge in [0.05, 0.1) is 0 Å². The Balaban J connectivity index is 2.17. The van der Waals surface area contributed by atoms with Crippen molar-refractivity contribution >= 4 is 17.5 Å². The van der Waals surface area contributed by atoms with Crippen LogP contribution in [0.3, 0.4) is 0 Å². The molecule has 1 heterocycles. The number of likely N-dealkylation sites (tertiary alicyclic amines) is 1. The molecule has 0 saturated carbocycles. The van der Waals surface area contributed by atoms with Crippen LogP contribution in [0, 0.1) is 0 Å². The summed E-state index contributed by atoms with van der Waals surface area (Å²) in [5, 5.41) is 0.287. The fourth-order valence-electron chi connectivity index (χ4n) is 1.78. The van der Waals surface area contributed by atoms with Gasteiger partial charge in [0, 0.05) is 24.9 Å². The Morgan fingerprint density at radius 3 is 2.57 bits per heavy atom. The van der Waals surface area contributed by atoms with Crippen LogP contribution >= 0.6 is 11.6 Å². The van der Waals surface area contributed by atoms with E-state index >= 15 is 0 Å². The molecule has 0 aliphatic carbocycles. The van der Waals surface area contributed by atoms with E-state index in [1.54, 1.807) is 0 Å². The molecule has 0 aromatic rings. The van der Waals surface area contributed by atoms with Gasteiger partial charge in [-0.15, -0.1) is 11.6 Å². The number of alkyl halides is 1. The monoisotopic (exact) mass is 217 g/mol. The second-order valence-electron chi connectivity index (χ2n) is 4.01. The highest BCUT2D eigenvalue weighted by atomic mass is 35.5. The molecule has 0 N–H and O–H groups in total. The maximum atomic E-state index is 11.7. The number of carbonyl (C=O) groups excluding carboxylic acids is 1. The second-order valence-corrected chi connectivity index (χ2v) is 4.63. The minimum Gasteiger partial charge on any atom is -0.343 e. The summed E-state index contributed by atoms with van der Waals surface area (Å²) in [6.45, 7) is 3.88. The van der Waals surface area contributed by atoms with E-state index in [1.165, 1.54) is 6.42 Å². The molecule has 0 atom stereocenters. The van der Waals surface area contributed by atoms with E-state index in [1.807, 2.05) is 4.90 Å². The molecule has 0 aromatic heterocycles. The van der Waals surface area contributed by atoms with Crippen LogP contribution < -0.4 is 0 Å². The van der Waals surface area contributed by atoms with Crippen molar-refractivity contribution in [1.29, 1.82) is 0 Å². The summed E-state index contributed by atoms with van der Waals surface area (Å²) in [7, 11) is 0. The topological polar surface area (TPSA) is 20.3 Å². The average Bonchev–Trinajstić information content (AvgIpc) is 2.19. The van der Waals surface area contributed by atoms with Crippen LogP contribution in [0.5, 0.6) is 0 Å². The maximum Gasteiger partial charge on any atom is 0.222 e. The number of nitrogens with zero attached hydrogens (tertiary/aromatic N) is 1. The van der Waals surface area contributed by atoms with E-state index in [0.717, 1.165) is 45.2 Å². The normalized spacial score (nSPS) is 18.6. The summed E-state index contributed by atoms with van der Waals surface area (Å²) < 4.78 is 0. The van der Waals surface area contributed by atoms with E-state index in [4.69, 9.17) is 11.6 Å². The van der Waals surface area contributed by atoms with Crippen molar-refractivity contribution in [1.82, 2.24) is 4.90 Å². The highest BCUT2D eigenvalue weighted by molar-refractivity contribution is 6.20. The molecular weight excluding hydrogens is 198 g/mol. The molecule has 0 radical (unpaired) electrons. The van der Waals surface area contributed by atoms with Crippen LogP contribution in [0.25, 0.3) is 0 Å². The smallest absolute Gasteiger partial charge is 0.222 e. The third-order valence-corrected chi connectivity index (χ3v) is 3.21. The highest BCUT2D eigenvalue weighted by Gasteiger charge is 2.20. The molecule has 82 valence electrons. The van der Waals surface area contributed by atoms with Crippen molar-refractivity contribution in [3.8, 4) is 0 Å². The lowest BCUT2D eigenvalue weighted by molar-refractivity contribution is -0.132. The fourth-order valence-corrected chi connectivity index (χ4v) is 1.98. The number of piperidine rings is 1. The third-order valence-electron chi connectivity index (χ3n) is 2.77. The zero-order valence-electron chi connectivity index (χ0n) is 8.97. The second kappa shape index (κ2) is 6.28. The molecule has 0 bridgehead atoms. The first-order valence-corrected chi connectivity index (χ1v) is 6.09. The van der Waals surface area contributed by atoms with Gasteiger partial charge >= 0.3 is 0 Å². The predicted molar refractivity (Wildman–Crippen MR) is 59.6 cm³/mol. The standard InChI is InChI=1S/C11H20ClNO/c1-2-3-4-5-11(14)13-8-6-10(12)7-9-13/h10H,2-9H2,1H3. The molecule has 0 aromatic carbocycles. The SMILES string of the molecule is CCCCCC(=O)N1CCC(Cl)CC1. The summed E-state index contributed by atoms with van der Waals surface area (Å²) >= 11 is 5.98. The molecule has 2 nitrogen and oxygen atoms in total. The summed E-state index contributed by atoms with van der Waals surface area (Å²) in [4.78, 5) is 13.6. The van der Waals surface area contributed by atoms with Crippen molar-refractivity contribution < 1.29 is 4.79 Å². The molecule has 0 unspecified atom stereocenters. The fraction of sp³-hybridized carbons (Fsp3) is 0.909. The molecule has 0 spiro atoms. The lowest BCUT2D eigenvalue weighted by atomic mass is 10.1. The predicted octanol–water partition coefficient (Wildman–Crippen LogP) is 2.80. The van der Waals surface area contributed by atoms with Crippen molar-refractivity contribution in [3.05, 3.63) is 0 Å². The van der Waals surface area contributed by atoms with Crippen LogP contribution in [0.2, 0.25) is 0 Å². The van der Waals surface area contributed by atoms with Gasteiger partial charge in [-0.1, -0.05) is 19.8 Å². The number of rotatable bonds is 4.